The summed E-state index contributed by atoms with van der Waals surface area (Å²) in [6, 6.07) is 6.27. The molecule has 0 aromatic heterocycles. The van der Waals surface area contributed by atoms with Crippen molar-refractivity contribution in [2.24, 2.45) is 0 Å². The van der Waals surface area contributed by atoms with Gasteiger partial charge in [0.1, 0.15) is 0 Å². The molecular formula is C15H23N3O5S2. The average molecular weight is 389 g/mol. The lowest BCUT2D eigenvalue weighted by Gasteiger charge is -2.11. The molecular weight excluding hydrogens is 366 g/mol. The second kappa shape index (κ2) is 7.81. The smallest absolute Gasteiger partial charge is 0.242 e. The van der Waals surface area contributed by atoms with E-state index in [0.717, 1.165) is 17.1 Å². The molecule has 1 aliphatic rings. The van der Waals surface area contributed by atoms with Crippen LogP contribution in [0.2, 0.25) is 0 Å². The summed E-state index contributed by atoms with van der Waals surface area (Å²) >= 11 is 0. The SMILES string of the molecule is CN(C)S(=O)(=O)c1ccc(CCS(=O)(=O)NCC(=O)NC2CC2)cc1. The maximum atomic E-state index is 12.0. The van der Waals surface area contributed by atoms with Crippen LogP contribution in [0.5, 0.6) is 0 Å². The van der Waals surface area contributed by atoms with Gasteiger partial charge in [0.25, 0.3) is 0 Å². The fourth-order valence-corrected chi connectivity index (χ4v) is 3.95. The van der Waals surface area contributed by atoms with Gasteiger partial charge in [0.2, 0.25) is 26.0 Å². The van der Waals surface area contributed by atoms with Crippen LogP contribution in [-0.4, -0.2) is 59.5 Å². The molecule has 1 fully saturated rings. The molecule has 0 radical (unpaired) electrons. The van der Waals surface area contributed by atoms with Crippen LogP contribution < -0.4 is 10.0 Å². The highest BCUT2D eigenvalue weighted by Gasteiger charge is 2.23. The molecule has 0 aliphatic heterocycles. The summed E-state index contributed by atoms with van der Waals surface area (Å²) in [5, 5.41) is 2.70. The number of aryl methyl sites for hydroxylation is 1. The third-order valence-corrected chi connectivity index (χ3v) is 6.91. The third-order valence-electron chi connectivity index (χ3n) is 3.76. The highest BCUT2D eigenvalue weighted by Crippen LogP contribution is 2.18. The summed E-state index contributed by atoms with van der Waals surface area (Å²) in [7, 11) is -4.19. The van der Waals surface area contributed by atoms with Gasteiger partial charge in [0.05, 0.1) is 17.2 Å². The lowest BCUT2D eigenvalue weighted by atomic mass is 10.2. The highest BCUT2D eigenvalue weighted by molar-refractivity contribution is 7.89. The zero-order chi connectivity index (χ0) is 18.7. The second-order valence-corrected chi connectivity index (χ2v) is 10.2. The van der Waals surface area contributed by atoms with Crippen LogP contribution in [0.1, 0.15) is 18.4 Å². The Hall–Kier alpha value is -1.49. The van der Waals surface area contributed by atoms with Gasteiger partial charge in [-0.25, -0.2) is 25.9 Å². The minimum Gasteiger partial charge on any atom is -0.352 e. The Bertz CT molecular complexity index is 813. The van der Waals surface area contributed by atoms with E-state index in [2.05, 4.69) is 10.0 Å². The van der Waals surface area contributed by atoms with Crippen molar-refractivity contribution in [1.82, 2.24) is 14.3 Å². The quantitative estimate of drug-likeness (QED) is 0.601. The standard InChI is InChI=1S/C15H23N3O5S2/c1-18(2)25(22,23)14-7-3-12(4-8-14)9-10-24(20,21)16-11-15(19)17-13-5-6-13/h3-4,7-8,13,16H,5-6,9-11H2,1-2H3,(H,17,19). The Labute approximate surface area is 148 Å². The van der Waals surface area contributed by atoms with Crippen molar-refractivity contribution >= 4 is 26.0 Å². The number of amides is 1. The van der Waals surface area contributed by atoms with Crippen molar-refractivity contribution in [1.29, 1.82) is 0 Å². The van der Waals surface area contributed by atoms with E-state index < -0.39 is 20.0 Å². The molecule has 0 unspecified atom stereocenters. The first-order valence-corrected chi connectivity index (χ1v) is 11.0. The number of carbonyl (C=O) groups is 1. The molecule has 1 aromatic rings. The van der Waals surface area contributed by atoms with Crippen molar-refractivity contribution in [2.45, 2.75) is 30.2 Å². The monoisotopic (exact) mass is 389 g/mol. The van der Waals surface area contributed by atoms with Gasteiger partial charge in [-0.1, -0.05) is 12.1 Å². The summed E-state index contributed by atoms with van der Waals surface area (Å²) < 4.78 is 51.2. The first-order valence-electron chi connectivity index (χ1n) is 7.88. The van der Waals surface area contributed by atoms with Gasteiger partial charge in [0.15, 0.2) is 0 Å². The Kier molecular flexibility index (Phi) is 6.20. The maximum Gasteiger partial charge on any atom is 0.242 e. The molecule has 0 saturated heterocycles. The van der Waals surface area contributed by atoms with Crippen LogP contribution in [0.15, 0.2) is 29.2 Å². The van der Waals surface area contributed by atoms with E-state index in [1.165, 1.54) is 26.2 Å². The minimum absolute atomic E-state index is 0.152. The van der Waals surface area contributed by atoms with Gasteiger partial charge in [0, 0.05) is 20.1 Å². The number of carbonyl (C=O) groups excluding carboxylic acids is 1. The van der Waals surface area contributed by atoms with E-state index in [1.807, 2.05) is 0 Å². The molecule has 0 heterocycles. The summed E-state index contributed by atoms with van der Waals surface area (Å²) in [5.74, 6) is -0.506. The summed E-state index contributed by atoms with van der Waals surface area (Å²) in [4.78, 5) is 11.7. The normalized spacial score (nSPS) is 15.3. The highest BCUT2D eigenvalue weighted by atomic mass is 32.2. The molecule has 10 heteroatoms. The van der Waals surface area contributed by atoms with Crippen molar-refractivity contribution in [2.75, 3.05) is 26.4 Å². The van der Waals surface area contributed by atoms with Gasteiger partial charge >= 0.3 is 0 Å². The predicted octanol–water partition coefficient (Wildman–Crippen LogP) is -0.323. The first-order chi connectivity index (χ1) is 11.6. The van der Waals surface area contributed by atoms with Gasteiger partial charge in [-0.15, -0.1) is 0 Å². The number of nitrogens with one attached hydrogen (secondary N) is 2. The van der Waals surface area contributed by atoms with Gasteiger partial charge < -0.3 is 5.32 Å². The van der Waals surface area contributed by atoms with Crippen LogP contribution in [0.3, 0.4) is 0 Å². The largest absolute Gasteiger partial charge is 0.352 e. The Morgan fingerprint density at radius 1 is 1.12 bits per heavy atom. The van der Waals surface area contributed by atoms with Gasteiger partial charge in [-0.2, -0.15) is 0 Å². The zero-order valence-corrected chi connectivity index (χ0v) is 15.9. The number of hydrogen-bond donors (Lipinski definition) is 2. The Morgan fingerprint density at radius 2 is 1.72 bits per heavy atom. The number of nitrogens with zero attached hydrogens (tertiary/aromatic N) is 1. The average Bonchev–Trinajstić information content (AvgIpc) is 3.35. The predicted molar refractivity (Wildman–Crippen MR) is 94.0 cm³/mol. The summed E-state index contributed by atoms with van der Waals surface area (Å²) in [6.45, 7) is -0.265. The van der Waals surface area contributed by atoms with E-state index in [1.54, 1.807) is 12.1 Å². The van der Waals surface area contributed by atoms with E-state index in [-0.39, 0.29) is 35.6 Å². The fourth-order valence-electron chi connectivity index (χ4n) is 2.05. The molecule has 1 aromatic carbocycles. The van der Waals surface area contributed by atoms with Crippen molar-refractivity contribution < 1.29 is 21.6 Å². The van der Waals surface area contributed by atoms with E-state index in [0.29, 0.717) is 5.56 Å². The van der Waals surface area contributed by atoms with Crippen molar-refractivity contribution in [3.63, 3.8) is 0 Å². The number of sulfonamides is 2. The Balaban J connectivity index is 1.86. The fraction of sp³-hybridized carbons (Fsp3) is 0.533. The number of rotatable bonds is 9. The molecule has 0 bridgehead atoms. The molecule has 0 spiro atoms. The summed E-state index contributed by atoms with van der Waals surface area (Å²) in [6.07, 6.45) is 2.11. The minimum atomic E-state index is -3.58. The molecule has 25 heavy (non-hydrogen) atoms. The molecule has 8 nitrogen and oxygen atoms in total. The number of benzene rings is 1. The van der Waals surface area contributed by atoms with Gasteiger partial charge in [-0.05, 0) is 37.0 Å². The molecule has 2 rings (SSSR count). The van der Waals surface area contributed by atoms with Crippen LogP contribution in [-0.2, 0) is 31.3 Å². The second-order valence-electron chi connectivity index (χ2n) is 6.16. The van der Waals surface area contributed by atoms with Crippen molar-refractivity contribution in [3.05, 3.63) is 29.8 Å². The number of hydrogen-bond acceptors (Lipinski definition) is 5. The maximum absolute atomic E-state index is 12.0. The zero-order valence-electron chi connectivity index (χ0n) is 14.2. The Morgan fingerprint density at radius 3 is 2.24 bits per heavy atom. The van der Waals surface area contributed by atoms with Crippen LogP contribution >= 0.6 is 0 Å². The van der Waals surface area contributed by atoms with E-state index in [9.17, 15) is 21.6 Å². The van der Waals surface area contributed by atoms with Crippen LogP contribution in [0, 0.1) is 0 Å². The molecule has 1 amide bonds. The summed E-state index contributed by atoms with van der Waals surface area (Å²) in [5.41, 5.74) is 0.700. The molecule has 2 N–H and O–H groups in total. The van der Waals surface area contributed by atoms with E-state index >= 15 is 0 Å². The van der Waals surface area contributed by atoms with Gasteiger partial charge in [-0.3, -0.25) is 4.79 Å². The lowest BCUT2D eigenvalue weighted by molar-refractivity contribution is -0.120. The molecule has 1 aliphatic carbocycles. The first kappa shape index (κ1) is 19.8. The molecule has 140 valence electrons. The third kappa shape index (κ3) is 6.07. The molecule has 0 atom stereocenters. The van der Waals surface area contributed by atoms with Crippen LogP contribution in [0.25, 0.3) is 0 Å². The lowest BCUT2D eigenvalue weighted by Crippen LogP contribution is -2.38. The van der Waals surface area contributed by atoms with E-state index in [4.69, 9.17) is 0 Å². The van der Waals surface area contributed by atoms with Crippen LogP contribution in [0.4, 0.5) is 0 Å². The molecule has 1 saturated carbocycles. The van der Waals surface area contributed by atoms with Crippen molar-refractivity contribution in [3.8, 4) is 0 Å². The topological polar surface area (TPSA) is 113 Å².